The lowest BCUT2D eigenvalue weighted by Gasteiger charge is -2.32. The largest absolute Gasteiger partial charge is 1.00 e. The minimum Gasteiger partial charge on any atom is -1.00 e. The molecule has 40 heavy (non-hydrogen) atoms. The Morgan fingerprint density at radius 2 is 0.800 bits per heavy atom. The molecule has 244 valence electrons. The van der Waals surface area contributed by atoms with Gasteiger partial charge in [0.2, 0.25) is 0 Å². The van der Waals surface area contributed by atoms with Crippen LogP contribution in [0.1, 0.15) is 189 Å². The van der Waals surface area contributed by atoms with Crippen molar-refractivity contribution in [3.8, 4) is 0 Å². The molecule has 0 bridgehead atoms. The summed E-state index contributed by atoms with van der Waals surface area (Å²) in [6, 6.07) is 0. The predicted octanol–water partition coefficient (Wildman–Crippen LogP) is 10.2. The summed E-state index contributed by atoms with van der Waals surface area (Å²) >= 11 is 0. The first-order valence-corrected chi connectivity index (χ1v) is 21.7. The highest BCUT2D eigenvalue weighted by molar-refractivity contribution is 7.77. The van der Waals surface area contributed by atoms with Gasteiger partial charge in [-0.2, -0.15) is 4.31 Å². The highest BCUT2D eigenvalue weighted by Crippen LogP contribution is 2.71. The molecule has 1 unspecified atom stereocenters. The van der Waals surface area contributed by atoms with Gasteiger partial charge in [0, 0.05) is 6.66 Å². The molecule has 0 fully saturated rings. The molecular weight excluding hydrogens is 645 g/mol. The van der Waals surface area contributed by atoms with Crippen LogP contribution >= 0.6 is 15.1 Å². The summed E-state index contributed by atoms with van der Waals surface area (Å²) in [5, 5.41) is 0. The summed E-state index contributed by atoms with van der Waals surface area (Å²) in [7, 11) is -5.40. The van der Waals surface area contributed by atoms with Crippen molar-refractivity contribution in [2.75, 3.05) is 25.2 Å². The van der Waals surface area contributed by atoms with E-state index in [2.05, 4.69) is 34.6 Å². The molecule has 0 heterocycles. The van der Waals surface area contributed by atoms with Crippen LogP contribution in [0.5, 0.6) is 0 Å². The van der Waals surface area contributed by atoms with Crippen molar-refractivity contribution in [2.45, 2.75) is 189 Å². The number of hydrogen-bond donors (Lipinski definition) is 1. The van der Waals surface area contributed by atoms with Gasteiger partial charge in [0.15, 0.2) is 7.49 Å². The second-order valence-corrected chi connectivity index (χ2v) is 19.5. The van der Waals surface area contributed by atoms with Gasteiger partial charge in [-0.15, -0.1) is 0 Å². The smallest absolute Gasteiger partial charge is 0.358 e. The average molecular weight is 719 g/mol. The van der Waals surface area contributed by atoms with Gasteiger partial charge in [-0.3, -0.25) is 4.57 Å². The molecule has 3 nitrogen and oxygen atoms in total. The van der Waals surface area contributed by atoms with E-state index in [-0.39, 0.29) is 29.4 Å². The van der Waals surface area contributed by atoms with Crippen molar-refractivity contribution in [3.63, 3.8) is 0 Å². The van der Waals surface area contributed by atoms with Crippen molar-refractivity contribution >= 4 is 15.1 Å². The van der Waals surface area contributed by atoms with Crippen LogP contribution in [0.2, 0.25) is 0 Å². The van der Waals surface area contributed by atoms with E-state index in [0.717, 1.165) is 31.3 Å². The first kappa shape index (κ1) is 43.4. The van der Waals surface area contributed by atoms with E-state index in [1.807, 2.05) is 0 Å². The second kappa shape index (κ2) is 27.8. The van der Waals surface area contributed by atoms with Gasteiger partial charge in [0.1, 0.15) is 0 Å². The lowest BCUT2D eigenvalue weighted by molar-refractivity contribution is -0.0000146. The van der Waals surface area contributed by atoms with Crippen LogP contribution in [-0.4, -0.2) is 30.0 Å². The van der Waals surface area contributed by atoms with Crippen molar-refractivity contribution in [2.24, 2.45) is 5.41 Å². The number of hydrogen-bond acceptors (Lipinski definition) is 2. The molecule has 1 atom stereocenters. The fourth-order valence-corrected chi connectivity index (χ4v) is 13.4. The minimum atomic E-state index is -3.49. The van der Waals surface area contributed by atoms with Crippen LogP contribution in [0.25, 0.3) is 0 Å². The van der Waals surface area contributed by atoms with E-state index >= 15 is 0 Å². The van der Waals surface area contributed by atoms with Crippen molar-refractivity contribution in [1.29, 1.82) is 0 Å². The SMILES string of the molecule is CCCCCCCCCCCCCC[P+](CCCCCCCCCCCCCC)(CC(C)(C)C)OP(C)(=O)O.[I-]. The van der Waals surface area contributed by atoms with Gasteiger partial charge < -0.3 is 28.9 Å². The molecule has 0 rings (SSSR count). The molecule has 0 aromatic heterocycles. The predicted molar refractivity (Wildman–Crippen MR) is 180 cm³/mol. The maximum absolute atomic E-state index is 12.5. The molecule has 0 aliphatic rings. The van der Waals surface area contributed by atoms with E-state index in [4.69, 9.17) is 4.31 Å². The van der Waals surface area contributed by atoms with E-state index in [9.17, 15) is 9.46 Å². The molecule has 0 radical (unpaired) electrons. The first-order valence-electron chi connectivity index (χ1n) is 17.4. The maximum atomic E-state index is 12.5. The Hall–Kier alpha value is 1.31. The molecule has 0 saturated carbocycles. The van der Waals surface area contributed by atoms with E-state index in [1.165, 1.54) is 148 Å². The Morgan fingerprint density at radius 1 is 0.550 bits per heavy atom. The summed E-state index contributed by atoms with van der Waals surface area (Å²) in [5.74, 6) is 0. The summed E-state index contributed by atoms with van der Waals surface area (Å²) < 4.78 is 18.7. The quantitative estimate of drug-likeness (QED) is 0.0476. The van der Waals surface area contributed by atoms with Gasteiger partial charge >= 0.3 is 7.60 Å². The van der Waals surface area contributed by atoms with Gasteiger partial charge in [-0.25, -0.2) is 0 Å². The zero-order valence-electron chi connectivity index (χ0n) is 28.1. The summed E-state index contributed by atoms with van der Waals surface area (Å²) in [6.07, 6.45) is 35.3. The monoisotopic (exact) mass is 718 g/mol. The van der Waals surface area contributed by atoms with Crippen LogP contribution in [0.15, 0.2) is 0 Å². The number of rotatable bonds is 29. The Balaban J connectivity index is 0. The van der Waals surface area contributed by atoms with Crippen LogP contribution in [0.4, 0.5) is 0 Å². The Morgan fingerprint density at radius 3 is 1.02 bits per heavy atom. The zero-order chi connectivity index (χ0) is 29.3. The van der Waals surface area contributed by atoms with Crippen LogP contribution < -0.4 is 24.0 Å². The van der Waals surface area contributed by atoms with E-state index in [0.29, 0.717) is 0 Å². The fourth-order valence-electron chi connectivity index (χ4n) is 6.05. The third-order valence-electron chi connectivity index (χ3n) is 7.93. The van der Waals surface area contributed by atoms with E-state index < -0.39 is 15.1 Å². The van der Waals surface area contributed by atoms with Crippen LogP contribution in [0.3, 0.4) is 0 Å². The molecule has 0 amide bonds. The maximum Gasteiger partial charge on any atom is 0.358 e. The van der Waals surface area contributed by atoms with E-state index in [1.54, 1.807) is 0 Å². The number of unbranched alkanes of at least 4 members (excludes halogenated alkanes) is 22. The van der Waals surface area contributed by atoms with Gasteiger partial charge in [-0.1, -0.05) is 163 Å². The standard InChI is InChI=1S/C34H72O3P2.HI/c1-7-9-11-13-15-17-19-21-23-25-27-29-31-39(33-34(3,4)5,37-38(6,35)36)32-30-28-26-24-22-20-18-16-14-12-10-8-2;/h7-33H2,1-6H3;1H. The topological polar surface area (TPSA) is 46.5 Å². The molecule has 6 heteroatoms. The second-order valence-electron chi connectivity index (χ2n) is 13.9. The highest BCUT2D eigenvalue weighted by Gasteiger charge is 2.46. The lowest BCUT2D eigenvalue weighted by atomic mass is 10.0. The molecule has 0 spiro atoms. The summed E-state index contributed by atoms with van der Waals surface area (Å²) in [6.45, 7) is 12.8. The molecule has 1 N–H and O–H groups in total. The van der Waals surface area contributed by atoms with Gasteiger partial charge in [-0.05, 0) is 31.1 Å². The van der Waals surface area contributed by atoms with Crippen LogP contribution in [0, 0.1) is 5.41 Å². The Kier molecular flexibility index (Phi) is 30.2. The number of halogens is 1. The fraction of sp³-hybridized carbons (Fsp3) is 1.00. The average Bonchev–Trinajstić information content (AvgIpc) is 2.83. The molecular formula is C34H73IO3P2. The molecule has 0 aliphatic carbocycles. The van der Waals surface area contributed by atoms with Gasteiger partial charge in [0.05, 0.1) is 18.5 Å². The van der Waals surface area contributed by atoms with Crippen LogP contribution in [-0.2, 0) is 8.88 Å². The first-order chi connectivity index (χ1) is 18.5. The van der Waals surface area contributed by atoms with Crippen molar-refractivity contribution < 1.29 is 37.7 Å². The lowest BCUT2D eigenvalue weighted by Crippen LogP contribution is -3.00. The van der Waals surface area contributed by atoms with Crippen molar-refractivity contribution in [3.05, 3.63) is 0 Å². The third-order valence-corrected chi connectivity index (χ3v) is 14.3. The molecule has 0 aromatic carbocycles. The molecule has 0 aromatic rings. The summed E-state index contributed by atoms with van der Waals surface area (Å²) in [4.78, 5) is 10.3. The van der Waals surface area contributed by atoms with Gasteiger partial charge in [0.25, 0.3) is 0 Å². The summed E-state index contributed by atoms with van der Waals surface area (Å²) in [5.41, 5.74) is 0.122. The Bertz CT molecular complexity index is 546. The normalized spacial score (nSPS) is 13.8. The molecule has 0 saturated heterocycles. The van der Waals surface area contributed by atoms with Crippen molar-refractivity contribution in [1.82, 2.24) is 0 Å². The molecule has 0 aliphatic heterocycles. The Labute approximate surface area is 270 Å². The highest BCUT2D eigenvalue weighted by atomic mass is 127. The zero-order valence-corrected chi connectivity index (χ0v) is 32.1. The minimum absolute atomic E-state index is 0. The third kappa shape index (κ3) is 30.8.